The lowest BCUT2D eigenvalue weighted by Gasteiger charge is -2.09. The maximum atomic E-state index is 12.3. The average molecular weight is 375 g/mol. The molecule has 0 atom stereocenters. The number of nitrogens with one attached hydrogen (secondary N) is 2. The molecule has 0 fully saturated rings. The summed E-state index contributed by atoms with van der Waals surface area (Å²) in [7, 11) is -3.56. The van der Waals surface area contributed by atoms with Crippen molar-refractivity contribution in [1.82, 2.24) is 10.0 Å². The Morgan fingerprint density at radius 3 is 2.27 bits per heavy atom. The normalized spacial score (nSPS) is 11.5. The van der Waals surface area contributed by atoms with Crippen LogP contribution in [0.1, 0.15) is 36.2 Å². The van der Waals surface area contributed by atoms with Gasteiger partial charge in [-0.05, 0) is 48.6 Å². The van der Waals surface area contributed by atoms with Crippen LogP contribution in [-0.2, 0) is 16.4 Å². The molecule has 26 heavy (non-hydrogen) atoms. The lowest BCUT2D eigenvalue weighted by Crippen LogP contribution is -2.27. The molecular weight excluding hydrogens is 348 g/mol. The third-order valence-electron chi connectivity index (χ3n) is 3.87. The highest BCUT2D eigenvalue weighted by Crippen LogP contribution is 2.11. The van der Waals surface area contributed by atoms with Crippen LogP contribution in [0.25, 0.3) is 0 Å². The van der Waals surface area contributed by atoms with Gasteiger partial charge in [0.05, 0.1) is 4.90 Å². The van der Waals surface area contributed by atoms with Gasteiger partial charge in [0.1, 0.15) is 0 Å². The highest BCUT2D eigenvalue weighted by Gasteiger charge is 2.14. The third kappa shape index (κ3) is 6.28. The molecule has 0 unspecified atom stereocenters. The molecule has 2 rings (SSSR count). The fraction of sp³-hybridized carbons (Fsp3) is 0.350. The molecule has 0 aromatic heterocycles. The summed E-state index contributed by atoms with van der Waals surface area (Å²) >= 11 is 0. The molecule has 0 aliphatic heterocycles. The number of carbonyl (C=O) groups excluding carboxylic acids is 1. The molecule has 0 heterocycles. The Labute approximate surface area is 155 Å². The number of rotatable bonds is 9. The first kappa shape index (κ1) is 20.1. The second-order valence-electron chi connectivity index (χ2n) is 6.62. The van der Waals surface area contributed by atoms with Gasteiger partial charge in [0.15, 0.2) is 0 Å². The van der Waals surface area contributed by atoms with Crippen molar-refractivity contribution >= 4 is 15.9 Å². The van der Waals surface area contributed by atoms with Gasteiger partial charge in [-0.3, -0.25) is 4.79 Å². The van der Waals surface area contributed by atoms with E-state index in [1.165, 1.54) is 29.8 Å². The summed E-state index contributed by atoms with van der Waals surface area (Å²) in [6, 6.07) is 15.9. The van der Waals surface area contributed by atoms with Gasteiger partial charge in [0.2, 0.25) is 10.0 Å². The number of carbonyl (C=O) groups is 1. The minimum Gasteiger partial charge on any atom is -0.352 e. The topological polar surface area (TPSA) is 75.3 Å². The summed E-state index contributed by atoms with van der Waals surface area (Å²) in [5.41, 5.74) is 1.64. The zero-order valence-corrected chi connectivity index (χ0v) is 16.1. The first-order chi connectivity index (χ1) is 12.4. The van der Waals surface area contributed by atoms with Gasteiger partial charge in [-0.1, -0.05) is 44.2 Å². The van der Waals surface area contributed by atoms with Crippen molar-refractivity contribution in [3.63, 3.8) is 0 Å². The number of hydrogen-bond acceptors (Lipinski definition) is 3. The van der Waals surface area contributed by atoms with Crippen LogP contribution in [0.5, 0.6) is 0 Å². The van der Waals surface area contributed by atoms with Gasteiger partial charge in [-0.2, -0.15) is 0 Å². The van der Waals surface area contributed by atoms with Crippen LogP contribution in [0.3, 0.4) is 0 Å². The molecule has 2 N–H and O–H groups in total. The minimum absolute atomic E-state index is 0.164. The van der Waals surface area contributed by atoms with E-state index in [-0.39, 0.29) is 10.8 Å². The van der Waals surface area contributed by atoms with E-state index in [1.807, 2.05) is 44.2 Å². The standard InChI is InChI=1S/C20H26N2O3S/c1-16(2)15-21-20(23)18-10-12-19(13-11-18)26(24,25)22-14-6-9-17-7-4-3-5-8-17/h3-5,7-8,10-13,16,22H,6,9,14-15H2,1-2H3,(H,21,23). The predicted octanol–water partition coefficient (Wildman–Crippen LogP) is 2.98. The minimum atomic E-state index is -3.56. The maximum absolute atomic E-state index is 12.3. The molecule has 0 saturated heterocycles. The number of sulfonamides is 1. The molecule has 6 heteroatoms. The fourth-order valence-electron chi connectivity index (χ4n) is 2.41. The van der Waals surface area contributed by atoms with Crippen LogP contribution in [0.15, 0.2) is 59.5 Å². The lowest BCUT2D eigenvalue weighted by molar-refractivity contribution is 0.0949. The summed E-state index contributed by atoms with van der Waals surface area (Å²) < 4.78 is 27.3. The van der Waals surface area contributed by atoms with Gasteiger partial charge in [0.25, 0.3) is 5.91 Å². The van der Waals surface area contributed by atoms with E-state index in [0.717, 1.165) is 12.8 Å². The van der Waals surface area contributed by atoms with E-state index in [4.69, 9.17) is 0 Å². The van der Waals surface area contributed by atoms with Crippen LogP contribution >= 0.6 is 0 Å². The molecule has 2 aromatic carbocycles. The Balaban J connectivity index is 1.87. The highest BCUT2D eigenvalue weighted by atomic mass is 32.2. The SMILES string of the molecule is CC(C)CNC(=O)c1ccc(S(=O)(=O)NCCCc2ccccc2)cc1. The molecular formula is C20H26N2O3S. The van der Waals surface area contributed by atoms with E-state index in [2.05, 4.69) is 10.0 Å². The summed E-state index contributed by atoms with van der Waals surface area (Å²) in [6.45, 7) is 4.98. The van der Waals surface area contributed by atoms with Crippen molar-refractivity contribution in [2.24, 2.45) is 5.92 Å². The van der Waals surface area contributed by atoms with Crippen molar-refractivity contribution < 1.29 is 13.2 Å². The van der Waals surface area contributed by atoms with Crippen molar-refractivity contribution in [2.45, 2.75) is 31.6 Å². The van der Waals surface area contributed by atoms with Crippen LogP contribution in [-0.4, -0.2) is 27.4 Å². The molecule has 0 radical (unpaired) electrons. The van der Waals surface area contributed by atoms with Crippen LogP contribution < -0.4 is 10.0 Å². The molecule has 1 amide bonds. The van der Waals surface area contributed by atoms with Gasteiger partial charge >= 0.3 is 0 Å². The van der Waals surface area contributed by atoms with Crippen molar-refractivity contribution in [2.75, 3.05) is 13.1 Å². The highest BCUT2D eigenvalue weighted by molar-refractivity contribution is 7.89. The van der Waals surface area contributed by atoms with Crippen LogP contribution in [0.4, 0.5) is 0 Å². The van der Waals surface area contributed by atoms with E-state index >= 15 is 0 Å². The molecule has 0 saturated carbocycles. The van der Waals surface area contributed by atoms with Gasteiger partial charge in [-0.25, -0.2) is 13.1 Å². The first-order valence-electron chi connectivity index (χ1n) is 8.80. The Bertz CT molecular complexity index is 801. The Morgan fingerprint density at radius 2 is 1.65 bits per heavy atom. The Kier molecular flexibility index (Phi) is 7.36. The van der Waals surface area contributed by atoms with Gasteiger partial charge < -0.3 is 5.32 Å². The van der Waals surface area contributed by atoms with Crippen LogP contribution in [0.2, 0.25) is 0 Å². The lowest BCUT2D eigenvalue weighted by atomic mass is 10.1. The summed E-state index contributed by atoms with van der Waals surface area (Å²) in [4.78, 5) is 12.1. The molecule has 0 bridgehead atoms. The summed E-state index contributed by atoms with van der Waals surface area (Å²) in [5.74, 6) is 0.164. The van der Waals surface area contributed by atoms with Gasteiger partial charge in [-0.15, -0.1) is 0 Å². The van der Waals surface area contributed by atoms with Crippen molar-refractivity contribution in [1.29, 1.82) is 0 Å². The number of amides is 1. The van der Waals surface area contributed by atoms with E-state index in [1.54, 1.807) is 0 Å². The fourth-order valence-corrected chi connectivity index (χ4v) is 3.49. The number of aryl methyl sites for hydroxylation is 1. The van der Waals surface area contributed by atoms with E-state index in [0.29, 0.717) is 24.6 Å². The summed E-state index contributed by atoms with van der Waals surface area (Å²) in [6.07, 6.45) is 1.54. The monoisotopic (exact) mass is 374 g/mol. The molecule has 140 valence electrons. The van der Waals surface area contributed by atoms with E-state index in [9.17, 15) is 13.2 Å². The second kappa shape index (κ2) is 9.50. The zero-order chi connectivity index (χ0) is 19.0. The maximum Gasteiger partial charge on any atom is 0.251 e. The van der Waals surface area contributed by atoms with Crippen molar-refractivity contribution in [3.8, 4) is 0 Å². The largest absolute Gasteiger partial charge is 0.352 e. The molecule has 0 spiro atoms. The smallest absolute Gasteiger partial charge is 0.251 e. The van der Waals surface area contributed by atoms with Crippen molar-refractivity contribution in [3.05, 3.63) is 65.7 Å². The van der Waals surface area contributed by atoms with Gasteiger partial charge in [0, 0.05) is 18.7 Å². The number of benzene rings is 2. The average Bonchev–Trinajstić information content (AvgIpc) is 2.64. The third-order valence-corrected chi connectivity index (χ3v) is 5.35. The molecule has 0 aliphatic rings. The molecule has 2 aromatic rings. The summed E-state index contributed by atoms with van der Waals surface area (Å²) in [5, 5.41) is 2.81. The second-order valence-corrected chi connectivity index (χ2v) is 8.38. The Morgan fingerprint density at radius 1 is 1.00 bits per heavy atom. The molecule has 5 nitrogen and oxygen atoms in total. The zero-order valence-electron chi connectivity index (χ0n) is 15.2. The van der Waals surface area contributed by atoms with E-state index < -0.39 is 10.0 Å². The Hall–Kier alpha value is -2.18. The predicted molar refractivity (Wildman–Crippen MR) is 104 cm³/mol. The van der Waals surface area contributed by atoms with Crippen LogP contribution in [0, 0.1) is 5.92 Å². The first-order valence-corrected chi connectivity index (χ1v) is 10.3. The molecule has 0 aliphatic carbocycles. The quantitative estimate of drug-likeness (QED) is 0.663. The number of hydrogen-bond donors (Lipinski definition) is 2.